The first-order chi connectivity index (χ1) is 13.5. The van der Waals surface area contributed by atoms with Crippen molar-refractivity contribution in [3.05, 3.63) is 51.2 Å². The molecule has 1 fully saturated rings. The molecule has 3 rings (SSSR count). The lowest BCUT2D eigenvalue weighted by atomic mass is 10.1. The van der Waals surface area contributed by atoms with E-state index in [0.717, 1.165) is 22.4 Å². The minimum atomic E-state index is -0.309. The highest BCUT2D eigenvalue weighted by atomic mass is 32.1. The predicted octanol–water partition coefficient (Wildman–Crippen LogP) is 3.86. The van der Waals surface area contributed by atoms with E-state index in [1.807, 2.05) is 43.5 Å². The smallest absolute Gasteiger partial charge is 0.409 e. The van der Waals surface area contributed by atoms with Crippen molar-refractivity contribution in [2.45, 2.75) is 27.4 Å². The van der Waals surface area contributed by atoms with Gasteiger partial charge in [-0.15, -0.1) is 11.3 Å². The lowest BCUT2D eigenvalue weighted by Gasteiger charge is -2.33. The van der Waals surface area contributed by atoms with E-state index >= 15 is 0 Å². The van der Waals surface area contributed by atoms with E-state index in [0.29, 0.717) is 44.3 Å². The van der Waals surface area contributed by atoms with Crippen LogP contribution in [0.3, 0.4) is 0 Å². The molecule has 0 aliphatic carbocycles. The van der Waals surface area contributed by atoms with Crippen molar-refractivity contribution >= 4 is 23.3 Å². The van der Waals surface area contributed by atoms with Gasteiger partial charge in [0, 0.05) is 31.7 Å². The standard InChI is InChI=1S/C21H26N2O4S/c1-4-26-21(25)23-10-8-22(9-11-23)20(24)18-12-17(14-28-18)13-27-19-15(2)6-5-7-16(19)3/h5-7,12,14H,4,8-11,13H2,1-3H3. The molecule has 0 unspecified atom stereocenters. The van der Waals surface area contributed by atoms with Gasteiger partial charge in [-0.2, -0.15) is 0 Å². The monoisotopic (exact) mass is 402 g/mol. The van der Waals surface area contributed by atoms with Crippen LogP contribution in [0.4, 0.5) is 4.79 Å². The van der Waals surface area contributed by atoms with Gasteiger partial charge in [0.15, 0.2) is 0 Å². The number of carbonyl (C=O) groups is 2. The van der Waals surface area contributed by atoms with Crippen LogP contribution < -0.4 is 4.74 Å². The highest BCUT2D eigenvalue weighted by Gasteiger charge is 2.26. The maximum atomic E-state index is 12.8. The summed E-state index contributed by atoms with van der Waals surface area (Å²) in [6.07, 6.45) is -0.309. The Balaban J connectivity index is 1.55. The predicted molar refractivity (Wildman–Crippen MR) is 109 cm³/mol. The van der Waals surface area contributed by atoms with Crippen LogP contribution >= 0.6 is 11.3 Å². The Labute approximate surface area is 169 Å². The Morgan fingerprint density at radius 3 is 2.36 bits per heavy atom. The lowest BCUT2D eigenvalue weighted by molar-refractivity contribution is 0.0574. The molecule has 2 heterocycles. The molecule has 6 nitrogen and oxygen atoms in total. The van der Waals surface area contributed by atoms with E-state index in [2.05, 4.69) is 0 Å². The topological polar surface area (TPSA) is 59.1 Å². The molecule has 7 heteroatoms. The van der Waals surface area contributed by atoms with Crippen molar-refractivity contribution in [3.63, 3.8) is 0 Å². The van der Waals surface area contributed by atoms with E-state index in [1.165, 1.54) is 11.3 Å². The molecule has 0 N–H and O–H groups in total. The van der Waals surface area contributed by atoms with Gasteiger partial charge in [0.1, 0.15) is 12.4 Å². The van der Waals surface area contributed by atoms with Crippen LogP contribution in [-0.2, 0) is 11.3 Å². The van der Waals surface area contributed by atoms with Crippen LogP contribution in [0.2, 0.25) is 0 Å². The minimum Gasteiger partial charge on any atom is -0.488 e. The van der Waals surface area contributed by atoms with Crippen molar-refractivity contribution in [3.8, 4) is 5.75 Å². The number of amides is 2. The zero-order valence-electron chi connectivity index (χ0n) is 16.6. The highest BCUT2D eigenvalue weighted by Crippen LogP contribution is 2.25. The molecular formula is C21H26N2O4S. The van der Waals surface area contributed by atoms with E-state index < -0.39 is 0 Å². The number of carbonyl (C=O) groups excluding carboxylic acids is 2. The van der Waals surface area contributed by atoms with E-state index in [-0.39, 0.29) is 12.0 Å². The Kier molecular flexibility index (Phi) is 6.57. The first-order valence-electron chi connectivity index (χ1n) is 9.47. The van der Waals surface area contributed by atoms with Crippen LogP contribution in [0.15, 0.2) is 29.6 Å². The van der Waals surface area contributed by atoms with Crippen molar-refractivity contribution < 1.29 is 19.1 Å². The second kappa shape index (κ2) is 9.10. The summed E-state index contributed by atoms with van der Waals surface area (Å²) in [7, 11) is 0. The number of piperazine rings is 1. The maximum absolute atomic E-state index is 12.8. The molecule has 150 valence electrons. The summed E-state index contributed by atoms with van der Waals surface area (Å²) in [6.45, 7) is 8.68. The average molecular weight is 403 g/mol. The van der Waals surface area contributed by atoms with Crippen LogP contribution in [0, 0.1) is 13.8 Å². The van der Waals surface area contributed by atoms with Gasteiger partial charge in [-0.3, -0.25) is 4.79 Å². The summed E-state index contributed by atoms with van der Waals surface area (Å²) >= 11 is 1.43. The number of ether oxygens (including phenoxy) is 2. The molecule has 0 spiro atoms. The number of rotatable bonds is 5. The third kappa shape index (κ3) is 4.65. The molecule has 1 aliphatic heterocycles. The Bertz CT molecular complexity index is 820. The van der Waals surface area contributed by atoms with Gasteiger partial charge in [-0.1, -0.05) is 18.2 Å². The second-order valence-electron chi connectivity index (χ2n) is 6.81. The maximum Gasteiger partial charge on any atom is 0.409 e. The molecule has 0 radical (unpaired) electrons. The summed E-state index contributed by atoms with van der Waals surface area (Å²) < 4.78 is 11.0. The fourth-order valence-corrected chi connectivity index (χ4v) is 4.07. The van der Waals surface area contributed by atoms with Crippen LogP contribution in [-0.4, -0.2) is 54.6 Å². The fourth-order valence-electron chi connectivity index (χ4n) is 3.21. The summed E-state index contributed by atoms with van der Waals surface area (Å²) in [5.74, 6) is 0.906. The van der Waals surface area contributed by atoms with Gasteiger partial charge in [-0.05, 0) is 43.3 Å². The number of hydrogen-bond acceptors (Lipinski definition) is 5. The molecular weight excluding hydrogens is 376 g/mol. The van der Waals surface area contributed by atoms with Crippen molar-refractivity contribution in [1.82, 2.24) is 9.80 Å². The van der Waals surface area contributed by atoms with Gasteiger partial charge in [0.05, 0.1) is 11.5 Å². The second-order valence-corrected chi connectivity index (χ2v) is 7.72. The van der Waals surface area contributed by atoms with Crippen molar-refractivity contribution in [1.29, 1.82) is 0 Å². The van der Waals surface area contributed by atoms with Crippen LogP contribution in [0.1, 0.15) is 33.3 Å². The molecule has 2 aromatic rings. The number of benzene rings is 1. The first kappa shape index (κ1) is 20.2. The van der Waals surface area contributed by atoms with Gasteiger partial charge in [-0.25, -0.2) is 4.79 Å². The van der Waals surface area contributed by atoms with E-state index in [9.17, 15) is 9.59 Å². The van der Waals surface area contributed by atoms with E-state index in [1.54, 1.807) is 16.7 Å². The number of nitrogens with zero attached hydrogens (tertiary/aromatic N) is 2. The van der Waals surface area contributed by atoms with Gasteiger partial charge < -0.3 is 19.3 Å². The minimum absolute atomic E-state index is 0.00633. The third-order valence-electron chi connectivity index (χ3n) is 4.75. The number of thiophene rings is 1. The Morgan fingerprint density at radius 1 is 1.07 bits per heavy atom. The van der Waals surface area contributed by atoms with Gasteiger partial charge >= 0.3 is 6.09 Å². The summed E-state index contributed by atoms with van der Waals surface area (Å²) in [4.78, 5) is 28.7. The third-order valence-corrected chi connectivity index (χ3v) is 5.72. The summed E-state index contributed by atoms with van der Waals surface area (Å²) in [5.41, 5.74) is 3.19. The molecule has 1 aliphatic rings. The first-order valence-corrected chi connectivity index (χ1v) is 10.3. The Hall–Kier alpha value is -2.54. The van der Waals surface area contributed by atoms with Crippen molar-refractivity contribution in [2.24, 2.45) is 0 Å². The molecule has 1 aromatic carbocycles. The van der Waals surface area contributed by atoms with E-state index in [4.69, 9.17) is 9.47 Å². The number of aryl methyl sites for hydroxylation is 2. The fraction of sp³-hybridized carbons (Fsp3) is 0.429. The molecule has 1 aromatic heterocycles. The molecule has 28 heavy (non-hydrogen) atoms. The number of para-hydroxylation sites is 1. The number of hydrogen-bond donors (Lipinski definition) is 0. The van der Waals surface area contributed by atoms with Gasteiger partial charge in [0.2, 0.25) is 0 Å². The highest BCUT2D eigenvalue weighted by molar-refractivity contribution is 7.12. The molecule has 1 saturated heterocycles. The SMILES string of the molecule is CCOC(=O)N1CCN(C(=O)c2cc(COc3c(C)cccc3C)cs2)CC1. The van der Waals surface area contributed by atoms with Crippen molar-refractivity contribution in [2.75, 3.05) is 32.8 Å². The normalized spacial score (nSPS) is 14.1. The molecule has 0 bridgehead atoms. The summed E-state index contributed by atoms with van der Waals surface area (Å²) in [5, 5.41) is 1.97. The average Bonchev–Trinajstić information content (AvgIpc) is 3.16. The Morgan fingerprint density at radius 2 is 1.71 bits per heavy atom. The molecule has 0 atom stereocenters. The van der Waals surface area contributed by atoms with Gasteiger partial charge in [0.25, 0.3) is 5.91 Å². The molecule has 0 saturated carbocycles. The van der Waals surface area contributed by atoms with Crippen LogP contribution in [0.5, 0.6) is 5.75 Å². The zero-order chi connectivity index (χ0) is 20.1. The lowest BCUT2D eigenvalue weighted by Crippen LogP contribution is -2.50. The summed E-state index contributed by atoms with van der Waals surface area (Å²) in [6, 6.07) is 7.97. The van der Waals surface area contributed by atoms with Crippen LogP contribution in [0.25, 0.3) is 0 Å². The molecule has 2 amide bonds. The zero-order valence-corrected chi connectivity index (χ0v) is 17.4. The largest absolute Gasteiger partial charge is 0.488 e. The quantitative estimate of drug-likeness (QED) is 0.762.